The van der Waals surface area contributed by atoms with Gasteiger partial charge < -0.3 is 24.4 Å². The molecule has 9 nitrogen and oxygen atoms in total. The van der Waals surface area contributed by atoms with Crippen LogP contribution in [0.5, 0.6) is 0 Å². The summed E-state index contributed by atoms with van der Waals surface area (Å²) in [6.07, 6.45) is 10.8. The average molecular weight is 596 g/mol. The molecule has 2 amide bonds. The highest BCUT2D eigenvalue weighted by Crippen LogP contribution is 2.66. The number of thioether (sulfide) groups is 1. The van der Waals surface area contributed by atoms with E-state index in [9.17, 15) is 19.5 Å². The lowest BCUT2D eigenvalue weighted by molar-refractivity contribution is -0.155. The van der Waals surface area contributed by atoms with E-state index >= 15 is 0 Å². The third-order valence-electron chi connectivity index (χ3n) is 9.50. The predicted octanol–water partition coefficient (Wildman–Crippen LogP) is 2.42. The van der Waals surface area contributed by atoms with E-state index in [2.05, 4.69) is 17.1 Å². The molecule has 5 aliphatic heterocycles. The quantitative estimate of drug-likeness (QED) is 0.396. The van der Waals surface area contributed by atoms with Gasteiger partial charge in [-0.3, -0.25) is 19.3 Å². The minimum Gasteiger partial charge on any atom is -0.465 e. The van der Waals surface area contributed by atoms with Gasteiger partial charge >= 0.3 is 5.97 Å². The number of likely N-dealkylation sites (tertiary alicyclic amines) is 1. The lowest BCUT2D eigenvalue weighted by atomic mass is 9.74. The maximum atomic E-state index is 14.7. The maximum absolute atomic E-state index is 14.7. The second-order valence-electron chi connectivity index (χ2n) is 12.1. The molecule has 0 radical (unpaired) electrons. The Morgan fingerprint density at radius 2 is 1.76 bits per heavy atom. The van der Waals surface area contributed by atoms with Crippen molar-refractivity contribution in [3.8, 4) is 0 Å². The number of aliphatic hydroxyl groups excluding tert-OH is 1. The summed E-state index contributed by atoms with van der Waals surface area (Å²) >= 11 is 1.54. The van der Waals surface area contributed by atoms with Crippen molar-refractivity contribution in [1.29, 1.82) is 0 Å². The van der Waals surface area contributed by atoms with Gasteiger partial charge in [0.15, 0.2) is 0 Å². The largest absolute Gasteiger partial charge is 0.465 e. The van der Waals surface area contributed by atoms with Crippen LogP contribution in [-0.4, -0.2) is 112 Å². The van der Waals surface area contributed by atoms with Gasteiger partial charge in [0.05, 0.1) is 49.1 Å². The molecule has 3 saturated heterocycles. The number of ether oxygens (including phenoxy) is 2. The molecule has 0 aliphatic carbocycles. The van der Waals surface area contributed by atoms with Crippen molar-refractivity contribution in [2.75, 3.05) is 59.2 Å². The third kappa shape index (κ3) is 5.10. The Hall–Kier alpha value is -2.66. The third-order valence-corrected chi connectivity index (χ3v) is 11.3. The molecule has 6 rings (SSSR count). The van der Waals surface area contributed by atoms with E-state index in [-0.39, 0.29) is 24.4 Å². The van der Waals surface area contributed by atoms with E-state index in [0.717, 1.165) is 37.9 Å². The summed E-state index contributed by atoms with van der Waals surface area (Å²) in [7, 11) is 0. The highest BCUT2D eigenvalue weighted by Gasteiger charge is 2.74. The van der Waals surface area contributed by atoms with Crippen molar-refractivity contribution in [3.63, 3.8) is 0 Å². The molecule has 6 atom stereocenters. The fraction of sp³-hybridized carbons (Fsp3) is 0.594. The molecule has 1 spiro atoms. The summed E-state index contributed by atoms with van der Waals surface area (Å²) in [5.41, 5.74) is 0.755. The number of cyclic esters (lactones) is 1. The average Bonchev–Trinajstić information content (AvgIpc) is 3.33. The summed E-state index contributed by atoms with van der Waals surface area (Å²) in [6, 6.07) is 7.77. The molecule has 0 aromatic heterocycles. The second-order valence-corrected chi connectivity index (χ2v) is 13.8. The normalized spacial score (nSPS) is 35.2. The zero-order valence-electron chi connectivity index (χ0n) is 24.2. The number of carbonyl (C=O) groups is 3. The van der Waals surface area contributed by atoms with Crippen LogP contribution < -0.4 is 0 Å². The maximum Gasteiger partial charge on any atom is 0.311 e. The van der Waals surface area contributed by atoms with Crippen LogP contribution in [0.15, 0.2) is 54.6 Å². The smallest absolute Gasteiger partial charge is 0.311 e. The molecule has 5 heterocycles. The van der Waals surface area contributed by atoms with Crippen molar-refractivity contribution < 1.29 is 29.0 Å². The van der Waals surface area contributed by atoms with E-state index in [1.54, 1.807) is 16.7 Å². The summed E-state index contributed by atoms with van der Waals surface area (Å²) < 4.78 is 9.56. The molecule has 1 N–H and O–H groups in total. The van der Waals surface area contributed by atoms with Crippen LogP contribution in [0.4, 0.5) is 0 Å². The van der Waals surface area contributed by atoms with Crippen LogP contribution >= 0.6 is 11.8 Å². The standard InChI is InChI=1S/C32H41N3O6S/c1-31-12-7-2-3-8-19-41-30(39)26(31)25-28(37)35(24(22-36)23-10-5-4-6-11-23)27-29(38)34(14-9-13-32(25,27)42-31)16-15-33-17-20-40-21-18-33/h4-7,9-13,24-27,36H,2-3,8,14-22H2,1H3/b12-7-/t24-,25+,26+,27?,31-,32+/m1/s1. The van der Waals surface area contributed by atoms with Crippen molar-refractivity contribution >= 4 is 29.5 Å². The number of rotatable bonds is 6. The second kappa shape index (κ2) is 12.1. The van der Waals surface area contributed by atoms with Gasteiger partial charge in [-0.15, -0.1) is 11.8 Å². The van der Waals surface area contributed by atoms with Crippen molar-refractivity contribution in [3.05, 3.63) is 60.2 Å². The molecule has 0 bridgehead atoms. The Labute approximate surface area is 251 Å². The lowest BCUT2D eigenvalue weighted by Crippen LogP contribution is -2.55. The van der Waals surface area contributed by atoms with Gasteiger partial charge in [0.1, 0.15) is 6.04 Å². The Bertz CT molecular complexity index is 1240. The topological polar surface area (TPSA) is 99.6 Å². The molecule has 1 unspecified atom stereocenters. The number of aliphatic hydroxyl groups is 1. The highest BCUT2D eigenvalue weighted by molar-refractivity contribution is 8.02. The van der Waals surface area contributed by atoms with Gasteiger partial charge in [-0.1, -0.05) is 54.6 Å². The molecule has 10 heteroatoms. The van der Waals surface area contributed by atoms with Gasteiger partial charge in [-0.2, -0.15) is 0 Å². The van der Waals surface area contributed by atoms with E-state index in [1.807, 2.05) is 54.3 Å². The van der Waals surface area contributed by atoms with Crippen LogP contribution in [0.2, 0.25) is 0 Å². The first kappa shape index (κ1) is 29.4. The number of amides is 2. The summed E-state index contributed by atoms with van der Waals surface area (Å²) in [5, 5.41) is 10.7. The summed E-state index contributed by atoms with van der Waals surface area (Å²) in [4.78, 5) is 48.9. The van der Waals surface area contributed by atoms with Crippen molar-refractivity contribution in [2.45, 2.75) is 47.8 Å². The minimum atomic E-state index is -0.985. The van der Waals surface area contributed by atoms with Crippen LogP contribution in [0.1, 0.15) is 37.8 Å². The van der Waals surface area contributed by atoms with E-state index in [0.29, 0.717) is 39.5 Å². The lowest BCUT2D eigenvalue weighted by Gasteiger charge is -2.40. The Morgan fingerprint density at radius 3 is 2.52 bits per heavy atom. The SMILES string of the molecule is C[C@@]12/C=C\CCCCOC(=O)[C@@H]1[C@H]1C(=O)N([C@H](CO)c3ccccc3)C3C(=O)N(CCN4CCOCC4)CC=C[C@@]31S2. The fourth-order valence-corrected chi connectivity index (χ4v) is 9.58. The molecule has 42 heavy (non-hydrogen) atoms. The van der Waals surface area contributed by atoms with Crippen molar-refractivity contribution in [2.24, 2.45) is 11.8 Å². The first-order valence-electron chi connectivity index (χ1n) is 15.2. The monoisotopic (exact) mass is 595 g/mol. The van der Waals surface area contributed by atoms with Crippen LogP contribution in [0.25, 0.3) is 0 Å². The predicted molar refractivity (Wildman–Crippen MR) is 160 cm³/mol. The first-order chi connectivity index (χ1) is 20.4. The van der Waals surface area contributed by atoms with Crippen molar-refractivity contribution in [1.82, 2.24) is 14.7 Å². The molecule has 226 valence electrons. The zero-order chi connectivity index (χ0) is 29.3. The highest BCUT2D eigenvalue weighted by atomic mass is 32.2. The zero-order valence-corrected chi connectivity index (χ0v) is 25.0. The molecule has 3 fully saturated rings. The van der Waals surface area contributed by atoms with E-state index in [4.69, 9.17) is 9.47 Å². The molecule has 5 aliphatic rings. The van der Waals surface area contributed by atoms with E-state index < -0.39 is 33.4 Å². The number of allylic oxidation sites excluding steroid dienone is 1. The van der Waals surface area contributed by atoms with Crippen LogP contribution in [-0.2, 0) is 23.9 Å². The number of hydrogen-bond acceptors (Lipinski definition) is 8. The van der Waals surface area contributed by atoms with E-state index in [1.165, 1.54) is 0 Å². The summed E-state index contributed by atoms with van der Waals surface area (Å²) in [5.74, 6) is -2.37. The molecule has 1 aromatic carbocycles. The van der Waals surface area contributed by atoms with Crippen LogP contribution in [0.3, 0.4) is 0 Å². The number of hydrogen-bond donors (Lipinski definition) is 1. The number of nitrogens with zero attached hydrogens (tertiary/aromatic N) is 3. The summed E-state index contributed by atoms with van der Waals surface area (Å²) in [6.45, 7) is 6.64. The van der Waals surface area contributed by atoms with Gasteiger partial charge in [-0.05, 0) is 31.7 Å². The minimum absolute atomic E-state index is 0.143. The number of benzene rings is 1. The Balaban J connectivity index is 1.43. The molecular weight excluding hydrogens is 554 g/mol. The van der Waals surface area contributed by atoms with Gasteiger partial charge in [0.2, 0.25) is 11.8 Å². The number of fused-ring (bicyclic) bond motifs is 2. The van der Waals surface area contributed by atoms with Crippen LogP contribution in [0, 0.1) is 11.8 Å². The van der Waals surface area contributed by atoms with Gasteiger partial charge in [0, 0.05) is 37.5 Å². The Kier molecular flexibility index (Phi) is 8.51. The Morgan fingerprint density at radius 1 is 0.976 bits per heavy atom. The first-order valence-corrected chi connectivity index (χ1v) is 16.0. The molecular formula is C32H41N3O6S. The number of esters is 1. The number of carbonyl (C=O) groups excluding carboxylic acids is 3. The number of morpholine rings is 1. The molecule has 0 saturated carbocycles. The fourth-order valence-electron chi connectivity index (χ4n) is 7.44. The van der Waals surface area contributed by atoms with Gasteiger partial charge in [0.25, 0.3) is 0 Å². The molecule has 1 aromatic rings. The van der Waals surface area contributed by atoms with Gasteiger partial charge in [-0.25, -0.2) is 0 Å².